The molecule has 176 valence electrons. The molecule has 1 aliphatic rings. The Labute approximate surface area is 204 Å². The first-order valence-corrected chi connectivity index (χ1v) is 11.1. The highest BCUT2D eigenvalue weighted by Crippen LogP contribution is 2.29. The summed E-state index contributed by atoms with van der Waals surface area (Å²) < 4.78 is 16.3. The Morgan fingerprint density at radius 1 is 1.11 bits per heavy atom. The third-order valence-electron chi connectivity index (χ3n) is 5.58. The lowest BCUT2D eigenvalue weighted by molar-refractivity contribution is -0.134. The zero-order valence-corrected chi connectivity index (χ0v) is 19.1. The highest BCUT2D eigenvalue weighted by atomic mass is 35.5. The summed E-state index contributed by atoms with van der Waals surface area (Å²) in [6.07, 6.45) is 1.50. The van der Waals surface area contributed by atoms with E-state index in [2.05, 4.69) is 9.97 Å². The number of rotatable bonds is 5. The molecule has 1 amide bonds. The van der Waals surface area contributed by atoms with Gasteiger partial charge in [0.15, 0.2) is 12.4 Å². The van der Waals surface area contributed by atoms with E-state index in [0.29, 0.717) is 54.1 Å². The Kier molecular flexibility index (Phi) is 6.08. The molecular weight excluding hydrogens is 474 g/mol. The van der Waals surface area contributed by atoms with Crippen LogP contribution >= 0.6 is 11.6 Å². The molecule has 0 spiro atoms. The molecule has 10 nitrogen and oxygen atoms in total. The quantitative estimate of drug-likeness (QED) is 0.304. The minimum absolute atomic E-state index is 0.151. The number of anilines is 1. The Hall–Kier alpha value is -4.36. The number of hydrogen-bond donors (Lipinski definition) is 0. The number of ether oxygens (including phenoxy) is 1. The normalized spacial score (nSPS) is 13.6. The third-order valence-corrected chi connectivity index (χ3v) is 5.79. The van der Waals surface area contributed by atoms with Crippen LogP contribution in [0.25, 0.3) is 22.6 Å². The average molecular weight is 492 g/mol. The zero-order chi connectivity index (χ0) is 24.4. The second-order valence-electron chi connectivity index (χ2n) is 7.75. The Balaban J connectivity index is 1.17. The average Bonchev–Trinajstić information content (AvgIpc) is 3.57. The first kappa shape index (κ1) is 22.4. The number of esters is 1. The molecule has 4 aromatic rings. The van der Waals surface area contributed by atoms with Gasteiger partial charge in [-0.2, -0.15) is 10.2 Å². The molecule has 35 heavy (non-hydrogen) atoms. The van der Waals surface area contributed by atoms with Gasteiger partial charge in [0.2, 0.25) is 11.6 Å². The number of piperazine rings is 1. The van der Waals surface area contributed by atoms with Crippen LogP contribution in [0.15, 0.2) is 57.6 Å². The molecule has 4 heterocycles. The number of hydrogen-bond acceptors (Lipinski definition) is 9. The minimum atomic E-state index is -0.598. The van der Waals surface area contributed by atoms with Gasteiger partial charge in [0, 0.05) is 31.6 Å². The van der Waals surface area contributed by atoms with E-state index in [1.807, 2.05) is 11.0 Å². The van der Waals surface area contributed by atoms with Crippen LogP contribution in [0.1, 0.15) is 16.1 Å². The third kappa shape index (κ3) is 4.67. The summed E-state index contributed by atoms with van der Waals surface area (Å²) in [7, 11) is 0. The number of furan rings is 1. The number of fused-ring (bicyclic) bond motifs is 1. The molecule has 0 unspecified atom stereocenters. The number of nitrogens with zero attached hydrogens (tertiary/aromatic N) is 5. The number of pyridine rings is 1. The van der Waals surface area contributed by atoms with Crippen molar-refractivity contribution >= 4 is 40.3 Å². The fourth-order valence-corrected chi connectivity index (χ4v) is 3.95. The second-order valence-corrected chi connectivity index (χ2v) is 8.13. The number of amides is 1. The first-order chi connectivity index (χ1) is 17.0. The summed E-state index contributed by atoms with van der Waals surface area (Å²) >= 11 is 5.89. The van der Waals surface area contributed by atoms with Crippen molar-refractivity contribution in [2.45, 2.75) is 0 Å². The monoisotopic (exact) mass is 491 g/mol. The zero-order valence-electron chi connectivity index (χ0n) is 18.3. The minimum Gasteiger partial charge on any atom is -0.459 e. The molecule has 5 rings (SSSR count). The maximum absolute atomic E-state index is 12.6. The molecule has 11 heteroatoms. The molecule has 0 saturated carbocycles. The van der Waals surface area contributed by atoms with Crippen LogP contribution in [0.2, 0.25) is 5.15 Å². The van der Waals surface area contributed by atoms with Crippen molar-refractivity contribution < 1.29 is 23.2 Å². The Morgan fingerprint density at radius 3 is 2.69 bits per heavy atom. The number of carbonyl (C=O) groups excluding carboxylic acids is 2. The summed E-state index contributed by atoms with van der Waals surface area (Å²) in [6, 6.07) is 13.7. The van der Waals surface area contributed by atoms with Crippen molar-refractivity contribution in [3.8, 4) is 17.7 Å². The van der Waals surface area contributed by atoms with Crippen molar-refractivity contribution in [2.75, 3.05) is 37.7 Å². The highest BCUT2D eigenvalue weighted by Gasteiger charge is 2.27. The first-order valence-electron chi connectivity index (χ1n) is 10.7. The van der Waals surface area contributed by atoms with E-state index in [1.165, 1.54) is 6.26 Å². The van der Waals surface area contributed by atoms with Crippen molar-refractivity contribution in [1.82, 2.24) is 14.9 Å². The van der Waals surface area contributed by atoms with E-state index >= 15 is 0 Å². The van der Waals surface area contributed by atoms with Gasteiger partial charge in [-0.25, -0.2) is 9.78 Å². The molecule has 1 saturated heterocycles. The lowest BCUT2D eigenvalue weighted by Gasteiger charge is -2.34. The van der Waals surface area contributed by atoms with E-state index in [9.17, 15) is 14.9 Å². The van der Waals surface area contributed by atoms with Crippen molar-refractivity contribution in [3.05, 3.63) is 65.1 Å². The lowest BCUT2D eigenvalue weighted by atomic mass is 10.1. The van der Waals surface area contributed by atoms with Gasteiger partial charge in [-0.05, 0) is 42.5 Å². The van der Waals surface area contributed by atoms with Crippen LogP contribution in [-0.2, 0) is 9.53 Å². The van der Waals surface area contributed by atoms with Gasteiger partial charge < -0.3 is 23.4 Å². The smallest absolute Gasteiger partial charge is 0.338 e. The largest absolute Gasteiger partial charge is 0.459 e. The topological polar surface area (TPSA) is 126 Å². The molecule has 0 radical (unpaired) electrons. The summed E-state index contributed by atoms with van der Waals surface area (Å²) in [5.41, 5.74) is 1.13. The van der Waals surface area contributed by atoms with Gasteiger partial charge in [0.05, 0.1) is 17.3 Å². The standard InChI is InChI=1S/C24H18ClN5O5/c25-20-6-4-15-12-16(3-5-17(15)27-20)24(32)34-14-21(31)29-7-9-30(10-8-29)23-18(13-26)28-22(35-23)19-2-1-11-33-19/h1-6,11-12H,7-10,14H2. The molecule has 1 aliphatic heterocycles. The van der Waals surface area contributed by atoms with Gasteiger partial charge in [-0.3, -0.25) is 4.79 Å². The van der Waals surface area contributed by atoms with E-state index in [1.54, 1.807) is 47.4 Å². The van der Waals surface area contributed by atoms with Crippen LogP contribution in [0, 0.1) is 11.3 Å². The van der Waals surface area contributed by atoms with Crippen LogP contribution in [0.5, 0.6) is 0 Å². The number of nitriles is 1. The summed E-state index contributed by atoms with van der Waals surface area (Å²) in [5, 5.41) is 10.5. The molecular formula is C24H18ClN5O5. The summed E-state index contributed by atoms with van der Waals surface area (Å²) in [4.78, 5) is 36.9. The molecule has 1 aromatic carbocycles. The van der Waals surface area contributed by atoms with Gasteiger partial charge >= 0.3 is 5.97 Å². The van der Waals surface area contributed by atoms with Crippen LogP contribution in [0.3, 0.4) is 0 Å². The fraction of sp³-hybridized carbons (Fsp3) is 0.208. The molecule has 0 atom stereocenters. The predicted molar refractivity (Wildman–Crippen MR) is 125 cm³/mol. The molecule has 0 bridgehead atoms. The molecule has 0 aliphatic carbocycles. The van der Waals surface area contributed by atoms with Crippen LogP contribution in [0.4, 0.5) is 5.88 Å². The number of aromatic nitrogens is 2. The van der Waals surface area contributed by atoms with E-state index < -0.39 is 5.97 Å². The lowest BCUT2D eigenvalue weighted by Crippen LogP contribution is -2.50. The SMILES string of the molecule is N#Cc1nc(-c2ccco2)oc1N1CCN(C(=O)COC(=O)c2ccc3nc(Cl)ccc3c2)CC1. The van der Waals surface area contributed by atoms with Crippen LogP contribution < -0.4 is 4.90 Å². The number of benzene rings is 1. The van der Waals surface area contributed by atoms with Gasteiger partial charge in [0.1, 0.15) is 11.2 Å². The van der Waals surface area contributed by atoms with E-state index in [0.717, 1.165) is 5.39 Å². The number of oxazole rings is 1. The van der Waals surface area contributed by atoms with Crippen molar-refractivity contribution in [3.63, 3.8) is 0 Å². The van der Waals surface area contributed by atoms with Gasteiger partial charge in [-0.15, -0.1) is 0 Å². The Morgan fingerprint density at radius 2 is 1.94 bits per heavy atom. The molecule has 1 fully saturated rings. The predicted octanol–water partition coefficient (Wildman–Crippen LogP) is 3.51. The number of halogens is 1. The van der Waals surface area contributed by atoms with Gasteiger partial charge in [0.25, 0.3) is 11.8 Å². The van der Waals surface area contributed by atoms with E-state index in [-0.39, 0.29) is 24.1 Å². The maximum Gasteiger partial charge on any atom is 0.338 e. The highest BCUT2D eigenvalue weighted by molar-refractivity contribution is 6.29. The fourth-order valence-electron chi connectivity index (χ4n) is 3.79. The molecule has 0 N–H and O–H groups in total. The van der Waals surface area contributed by atoms with Crippen LogP contribution in [-0.4, -0.2) is 59.5 Å². The van der Waals surface area contributed by atoms with E-state index in [4.69, 9.17) is 25.2 Å². The Bertz CT molecular complexity index is 1430. The van der Waals surface area contributed by atoms with Gasteiger partial charge in [-0.1, -0.05) is 11.6 Å². The summed E-state index contributed by atoms with van der Waals surface area (Å²) in [5.74, 6) is 0.0834. The van der Waals surface area contributed by atoms with Crippen molar-refractivity contribution in [1.29, 1.82) is 5.26 Å². The maximum atomic E-state index is 12.6. The second kappa shape index (κ2) is 9.48. The molecule has 3 aromatic heterocycles. The van der Waals surface area contributed by atoms with Crippen molar-refractivity contribution in [2.24, 2.45) is 0 Å². The number of carbonyl (C=O) groups is 2. The summed E-state index contributed by atoms with van der Waals surface area (Å²) in [6.45, 7) is 1.24.